The maximum absolute atomic E-state index is 11.4. The lowest BCUT2D eigenvalue weighted by Crippen LogP contribution is -2.44. The average molecular weight is 180 g/mol. The standard InChI is InChI=1S/C10H12O3/c1-4-10(5-8(11)6-10)9(12)13-7(2)3/h1,7H,5-6H2,2-3H3. The molecule has 3 heteroatoms. The summed E-state index contributed by atoms with van der Waals surface area (Å²) in [6.07, 6.45) is 5.29. The molecule has 0 saturated heterocycles. The Balaban J connectivity index is 2.65. The Hall–Kier alpha value is -1.30. The molecule has 1 saturated carbocycles. The molecule has 0 radical (unpaired) electrons. The molecule has 13 heavy (non-hydrogen) atoms. The number of terminal acetylenes is 1. The van der Waals surface area contributed by atoms with Gasteiger partial charge in [-0.1, -0.05) is 5.92 Å². The molecule has 0 atom stereocenters. The first-order chi connectivity index (χ1) is 6.00. The number of carbonyl (C=O) groups excluding carboxylic acids is 2. The molecule has 3 nitrogen and oxygen atoms in total. The van der Waals surface area contributed by atoms with Crippen LogP contribution in [0, 0.1) is 17.8 Å². The summed E-state index contributed by atoms with van der Waals surface area (Å²) in [7, 11) is 0. The molecule has 1 rings (SSSR count). The van der Waals surface area contributed by atoms with Crippen LogP contribution in [0.1, 0.15) is 26.7 Å². The number of hydrogen-bond acceptors (Lipinski definition) is 3. The van der Waals surface area contributed by atoms with E-state index >= 15 is 0 Å². The molecule has 0 spiro atoms. The minimum atomic E-state index is -0.957. The van der Waals surface area contributed by atoms with Gasteiger partial charge in [-0.15, -0.1) is 6.42 Å². The van der Waals surface area contributed by atoms with Crippen LogP contribution >= 0.6 is 0 Å². The average Bonchev–Trinajstić information content (AvgIpc) is 1.96. The van der Waals surface area contributed by atoms with E-state index in [4.69, 9.17) is 11.2 Å². The van der Waals surface area contributed by atoms with Crippen LogP contribution in [0.15, 0.2) is 0 Å². The normalized spacial score (nSPS) is 19.1. The molecule has 1 aliphatic rings. The number of ether oxygens (including phenoxy) is 1. The van der Waals surface area contributed by atoms with Gasteiger partial charge in [0.25, 0.3) is 0 Å². The summed E-state index contributed by atoms with van der Waals surface area (Å²) < 4.78 is 4.96. The first kappa shape index (κ1) is 9.79. The Morgan fingerprint density at radius 3 is 2.46 bits per heavy atom. The van der Waals surface area contributed by atoms with E-state index in [1.807, 2.05) is 0 Å². The molecule has 0 heterocycles. The maximum Gasteiger partial charge on any atom is 0.325 e. The van der Waals surface area contributed by atoms with Gasteiger partial charge in [-0.3, -0.25) is 9.59 Å². The molecule has 0 N–H and O–H groups in total. The third-order valence-electron chi connectivity index (χ3n) is 2.01. The third-order valence-corrected chi connectivity index (χ3v) is 2.01. The van der Waals surface area contributed by atoms with E-state index in [1.165, 1.54) is 0 Å². The molecule has 0 amide bonds. The lowest BCUT2D eigenvalue weighted by molar-refractivity contribution is -0.164. The first-order valence-electron chi connectivity index (χ1n) is 4.21. The van der Waals surface area contributed by atoms with Crippen LogP contribution < -0.4 is 0 Å². The summed E-state index contributed by atoms with van der Waals surface area (Å²) in [6, 6.07) is 0. The minimum Gasteiger partial charge on any atom is -0.462 e. The SMILES string of the molecule is C#CC1(C(=O)OC(C)C)CC(=O)C1. The van der Waals surface area contributed by atoms with Crippen molar-refractivity contribution in [2.24, 2.45) is 5.41 Å². The van der Waals surface area contributed by atoms with Gasteiger partial charge < -0.3 is 4.74 Å². The zero-order valence-corrected chi connectivity index (χ0v) is 7.79. The van der Waals surface area contributed by atoms with Crippen molar-refractivity contribution in [3.63, 3.8) is 0 Å². The second-order valence-electron chi connectivity index (χ2n) is 3.57. The van der Waals surface area contributed by atoms with Gasteiger partial charge in [-0.05, 0) is 13.8 Å². The van der Waals surface area contributed by atoms with Crippen LogP contribution in [0.5, 0.6) is 0 Å². The summed E-state index contributed by atoms with van der Waals surface area (Å²) in [5, 5.41) is 0. The van der Waals surface area contributed by atoms with Gasteiger partial charge in [0.15, 0.2) is 0 Å². The van der Waals surface area contributed by atoms with E-state index in [0.29, 0.717) is 0 Å². The van der Waals surface area contributed by atoms with Gasteiger partial charge in [-0.2, -0.15) is 0 Å². The Morgan fingerprint density at radius 2 is 2.15 bits per heavy atom. The Kier molecular flexibility index (Phi) is 2.42. The van der Waals surface area contributed by atoms with Gasteiger partial charge in [0, 0.05) is 12.8 Å². The van der Waals surface area contributed by atoms with Crippen molar-refractivity contribution in [2.45, 2.75) is 32.8 Å². The van der Waals surface area contributed by atoms with Crippen molar-refractivity contribution < 1.29 is 14.3 Å². The van der Waals surface area contributed by atoms with E-state index in [2.05, 4.69) is 5.92 Å². The van der Waals surface area contributed by atoms with Gasteiger partial charge in [0.2, 0.25) is 0 Å². The number of esters is 1. The molecule has 0 bridgehead atoms. The molecule has 70 valence electrons. The molecular formula is C10H12O3. The van der Waals surface area contributed by atoms with Crippen molar-refractivity contribution in [3.8, 4) is 12.3 Å². The first-order valence-corrected chi connectivity index (χ1v) is 4.21. The monoisotopic (exact) mass is 180 g/mol. The van der Waals surface area contributed by atoms with Gasteiger partial charge in [-0.25, -0.2) is 0 Å². The van der Waals surface area contributed by atoms with Gasteiger partial charge >= 0.3 is 5.97 Å². The van der Waals surface area contributed by atoms with Crippen LogP contribution in [0.2, 0.25) is 0 Å². The van der Waals surface area contributed by atoms with E-state index < -0.39 is 11.4 Å². The fourth-order valence-electron chi connectivity index (χ4n) is 1.25. The molecular weight excluding hydrogens is 168 g/mol. The molecule has 0 aromatic carbocycles. The van der Waals surface area contributed by atoms with Crippen molar-refractivity contribution in [3.05, 3.63) is 0 Å². The third kappa shape index (κ3) is 1.72. The van der Waals surface area contributed by atoms with Crippen LogP contribution in [-0.4, -0.2) is 17.9 Å². The quantitative estimate of drug-likeness (QED) is 0.469. The lowest BCUT2D eigenvalue weighted by Gasteiger charge is -2.33. The van der Waals surface area contributed by atoms with Gasteiger partial charge in [0.05, 0.1) is 6.10 Å². The number of hydrogen-bond donors (Lipinski definition) is 0. The van der Waals surface area contributed by atoms with E-state index in [1.54, 1.807) is 13.8 Å². The predicted octanol–water partition coefficient (Wildman–Crippen LogP) is 0.920. The number of ketones is 1. The lowest BCUT2D eigenvalue weighted by atomic mass is 9.68. The summed E-state index contributed by atoms with van der Waals surface area (Å²) in [6.45, 7) is 3.51. The summed E-state index contributed by atoms with van der Waals surface area (Å²) in [5.74, 6) is 1.94. The van der Waals surface area contributed by atoms with Crippen LogP contribution in [0.3, 0.4) is 0 Å². The summed E-state index contributed by atoms with van der Waals surface area (Å²) in [4.78, 5) is 22.2. The van der Waals surface area contributed by atoms with Crippen molar-refractivity contribution in [2.75, 3.05) is 0 Å². The minimum absolute atomic E-state index is 0.0265. The molecule has 1 fully saturated rings. The highest BCUT2D eigenvalue weighted by Crippen LogP contribution is 2.38. The Bertz CT molecular complexity index is 275. The highest BCUT2D eigenvalue weighted by atomic mass is 16.5. The maximum atomic E-state index is 11.4. The molecule has 0 aliphatic heterocycles. The predicted molar refractivity (Wildman–Crippen MR) is 46.7 cm³/mol. The Morgan fingerprint density at radius 1 is 1.62 bits per heavy atom. The number of Topliss-reactive ketones (excluding diaryl/α,β-unsaturated/α-hetero) is 1. The number of carbonyl (C=O) groups is 2. The van der Waals surface area contributed by atoms with E-state index in [-0.39, 0.29) is 24.7 Å². The molecule has 0 aromatic rings. The largest absolute Gasteiger partial charge is 0.462 e. The molecule has 1 aliphatic carbocycles. The van der Waals surface area contributed by atoms with Gasteiger partial charge in [0.1, 0.15) is 11.2 Å². The zero-order valence-electron chi connectivity index (χ0n) is 7.79. The fourth-order valence-corrected chi connectivity index (χ4v) is 1.25. The highest BCUT2D eigenvalue weighted by molar-refractivity contribution is 6.00. The van der Waals surface area contributed by atoms with Crippen molar-refractivity contribution >= 4 is 11.8 Å². The van der Waals surface area contributed by atoms with Crippen LogP contribution in [0.25, 0.3) is 0 Å². The van der Waals surface area contributed by atoms with E-state index in [9.17, 15) is 9.59 Å². The van der Waals surface area contributed by atoms with Crippen LogP contribution in [0.4, 0.5) is 0 Å². The highest BCUT2D eigenvalue weighted by Gasteiger charge is 2.50. The van der Waals surface area contributed by atoms with Crippen LogP contribution in [-0.2, 0) is 14.3 Å². The smallest absolute Gasteiger partial charge is 0.325 e. The topological polar surface area (TPSA) is 43.4 Å². The second-order valence-corrected chi connectivity index (χ2v) is 3.57. The zero-order chi connectivity index (χ0) is 10.1. The van der Waals surface area contributed by atoms with E-state index in [0.717, 1.165) is 0 Å². The number of rotatable bonds is 2. The van der Waals surface area contributed by atoms with Crippen molar-refractivity contribution in [1.82, 2.24) is 0 Å². The second kappa shape index (κ2) is 3.21. The summed E-state index contributed by atoms with van der Waals surface area (Å²) >= 11 is 0. The molecule has 0 unspecified atom stereocenters. The molecule has 0 aromatic heterocycles. The summed E-state index contributed by atoms with van der Waals surface area (Å²) in [5.41, 5.74) is -0.957. The fraction of sp³-hybridized carbons (Fsp3) is 0.600. The van der Waals surface area contributed by atoms with Crippen molar-refractivity contribution in [1.29, 1.82) is 0 Å². The Labute approximate surface area is 77.5 Å².